The molecule has 0 radical (unpaired) electrons. The van der Waals surface area contributed by atoms with Crippen LogP contribution in [0.2, 0.25) is 0 Å². The fourth-order valence-corrected chi connectivity index (χ4v) is 3.83. The number of fused-ring (bicyclic) bond motifs is 1. The molecule has 2 heterocycles. The zero-order chi connectivity index (χ0) is 18.2. The number of rotatable bonds is 4. The summed E-state index contributed by atoms with van der Waals surface area (Å²) in [7, 11) is -3.70. The van der Waals surface area contributed by atoms with Crippen LogP contribution in [-0.4, -0.2) is 36.1 Å². The van der Waals surface area contributed by atoms with Crippen molar-refractivity contribution in [3.05, 3.63) is 51.6 Å². The molecule has 1 aliphatic heterocycles. The van der Waals surface area contributed by atoms with Gasteiger partial charge in [-0.1, -0.05) is 13.0 Å². The van der Waals surface area contributed by atoms with Crippen LogP contribution in [0.5, 0.6) is 0 Å². The lowest BCUT2D eigenvalue weighted by atomic mass is 10.1. The van der Waals surface area contributed by atoms with Crippen molar-refractivity contribution in [1.82, 2.24) is 9.97 Å². The molecule has 1 aromatic carbocycles. The van der Waals surface area contributed by atoms with E-state index in [1.807, 2.05) is 11.8 Å². The van der Waals surface area contributed by atoms with Crippen molar-refractivity contribution in [3.8, 4) is 0 Å². The van der Waals surface area contributed by atoms with Gasteiger partial charge in [-0.25, -0.2) is 18.4 Å². The summed E-state index contributed by atoms with van der Waals surface area (Å²) >= 11 is 0. The van der Waals surface area contributed by atoms with Gasteiger partial charge in [0.15, 0.2) is 9.84 Å². The van der Waals surface area contributed by atoms with E-state index in [0.717, 1.165) is 23.3 Å². The van der Waals surface area contributed by atoms with Gasteiger partial charge in [0.1, 0.15) is 16.4 Å². The van der Waals surface area contributed by atoms with Crippen LogP contribution in [0, 0.1) is 10.1 Å². The number of nitrogens with zero attached hydrogens (tertiary/aromatic N) is 4. The van der Waals surface area contributed by atoms with Gasteiger partial charge in [-0.15, -0.1) is 0 Å². The van der Waals surface area contributed by atoms with Crippen LogP contribution in [0.15, 0.2) is 29.3 Å². The van der Waals surface area contributed by atoms with E-state index in [9.17, 15) is 18.5 Å². The first-order chi connectivity index (χ1) is 11.8. The fraction of sp³-hybridized carbons (Fsp3) is 0.375. The van der Waals surface area contributed by atoms with Crippen molar-refractivity contribution in [1.29, 1.82) is 0 Å². The molecule has 0 unspecified atom stereocenters. The average molecular weight is 362 g/mol. The van der Waals surface area contributed by atoms with Crippen molar-refractivity contribution < 1.29 is 13.3 Å². The molecule has 8 nitrogen and oxygen atoms in total. The van der Waals surface area contributed by atoms with Gasteiger partial charge in [0, 0.05) is 25.4 Å². The highest BCUT2D eigenvalue weighted by Gasteiger charge is 2.30. The lowest BCUT2D eigenvalue weighted by Gasteiger charge is -2.29. The molecule has 0 saturated carbocycles. The van der Waals surface area contributed by atoms with Gasteiger partial charge in [-0.2, -0.15) is 0 Å². The van der Waals surface area contributed by atoms with Gasteiger partial charge < -0.3 is 4.90 Å². The van der Waals surface area contributed by atoms with E-state index >= 15 is 0 Å². The highest BCUT2D eigenvalue weighted by atomic mass is 32.2. The standard InChI is InChI=1S/C16H18N4O4S/c1-3-15-17-9-11-7-8-19(10-12(11)18-15)13-5-4-6-14(25(2,23)24)16(13)20(21)22/h4-6,9H,3,7-8,10H2,1-2H3. The van der Waals surface area contributed by atoms with Crippen LogP contribution in [0.1, 0.15) is 24.0 Å². The van der Waals surface area contributed by atoms with Crippen molar-refractivity contribution in [2.24, 2.45) is 0 Å². The molecule has 0 fully saturated rings. The van der Waals surface area contributed by atoms with E-state index in [0.29, 0.717) is 31.6 Å². The lowest BCUT2D eigenvalue weighted by molar-refractivity contribution is -0.387. The van der Waals surface area contributed by atoms with E-state index in [1.54, 1.807) is 12.3 Å². The second-order valence-corrected chi connectivity index (χ2v) is 7.92. The van der Waals surface area contributed by atoms with Gasteiger partial charge in [0.25, 0.3) is 0 Å². The molecule has 1 aromatic heterocycles. The molecule has 1 aliphatic rings. The Hall–Kier alpha value is -2.55. The van der Waals surface area contributed by atoms with Gasteiger partial charge in [0.05, 0.1) is 17.2 Å². The SMILES string of the molecule is CCc1ncc2c(n1)CN(c1cccc(S(C)(=O)=O)c1[N+](=O)[O-])CC2. The number of benzene rings is 1. The Kier molecular flexibility index (Phi) is 4.42. The van der Waals surface area contributed by atoms with Crippen LogP contribution >= 0.6 is 0 Å². The maximum atomic E-state index is 11.9. The predicted molar refractivity (Wildman–Crippen MR) is 92.4 cm³/mol. The summed E-state index contributed by atoms with van der Waals surface area (Å²) in [6.45, 7) is 2.89. The molecular weight excluding hydrogens is 344 g/mol. The van der Waals surface area contributed by atoms with E-state index < -0.39 is 14.8 Å². The quantitative estimate of drug-likeness (QED) is 0.604. The number of hydrogen-bond acceptors (Lipinski definition) is 7. The monoisotopic (exact) mass is 362 g/mol. The van der Waals surface area contributed by atoms with E-state index in [-0.39, 0.29) is 10.6 Å². The number of nitro groups is 1. The summed E-state index contributed by atoms with van der Waals surface area (Å²) in [5.74, 6) is 0.722. The Morgan fingerprint density at radius 3 is 2.76 bits per heavy atom. The minimum absolute atomic E-state index is 0.266. The Labute approximate surface area is 145 Å². The average Bonchev–Trinajstić information content (AvgIpc) is 2.59. The fourth-order valence-electron chi connectivity index (χ4n) is 2.97. The van der Waals surface area contributed by atoms with Crippen LogP contribution < -0.4 is 4.90 Å². The predicted octanol–water partition coefficient (Wildman–Crippen LogP) is 1.91. The Bertz CT molecular complexity index is 943. The lowest BCUT2D eigenvalue weighted by Crippen LogP contribution is -2.32. The zero-order valence-corrected chi connectivity index (χ0v) is 14.8. The third-order valence-corrected chi connectivity index (χ3v) is 5.34. The Morgan fingerprint density at radius 1 is 1.36 bits per heavy atom. The van der Waals surface area contributed by atoms with Crippen molar-refractivity contribution in [2.75, 3.05) is 17.7 Å². The maximum Gasteiger partial charge on any atom is 0.311 e. The molecule has 9 heteroatoms. The van der Waals surface area contributed by atoms with Gasteiger partial charge in [0.2, 0.25) is 0 Å². The second kappa shape index (κ2) is 6.40. The van der Waals surface area contributed by atoms with E-state index in [4.69, 9.17) is 0 Å². The summed E-state index contributed by atoms with van der Waals surface area (Å²) in [4.78, 5) is 21.3. The third-order valence-electron chi connectivity index (χ3n) is 4.21. The molecule has 0 spiro atoms. The molecule has 0 atom stereocenters. The molecule has 0 amide bonds. The number of para-hydroxylation sites is 1. The van der Waals surface area contributed by atoms with Crippen LogP contribution in [0.3, 0.4) is 0 Å². The number of nitro benzene ring substituents is 1. The van der Waals surface area contributed by atoms with Crippen LogP contribution in [0.4, 0.5) is 11.4 Å². The number of aryl methyl sites for hydroxylation is 1. The minimum atomic E-state index is -3.70. The van der Waals surface area contributed by atoms with Gasteiger partial charge >= 0.3 is 5.69 Å². The molecule has 0 bridgehead atoms. The molecule has 0 aliphatic carbocycles. The number of anilines is 1. The van der Waals surface area contributed by atoms with E-state index in [1.165, 1.54) is 12.1 Å². The summed E-state index contributed by atoms with van der Waals surface area (Å²) in [5, 5.41) is 11.6. The molecule has 132 valence electrons. The highest BCUT2D eigenvalue weighted by Crippen LogP contribution is 2.36. The largest absolute Gasteiger partial charge is 0.360 e. The molecule has 2 aromatic rings. The molecule has 25 heavy (non-hydrogen) atoms. The van der Waals surface area contributed by atoms with Crippen LogP contribution in [0.25, 0.3) is 0 Å². The third kappa shape index (κ3) is 3.32. The van der Waals surface area contributed by atoms with Crippen molar-refractivity contribution >= 4 is 21.2 Å². The summed E-state index contributed by atoms with van der Waals surface area (Å²) < 4.78 is 23.9. The van der Waals surface area contributed by atoms with Crippen molar-refractivity contribution in [2.45, 2.75) is 31.2 Å². The topological polar surface area (TPSA) is 106 Å². The molecule has 3 rings (SSSR count). The van der Waals surface area contributed by atoms with E-state index in [2.05, 4.69) is 9.97 Å². The first kappa shape index (κ1) is 17.3. The first-order valence-electron chi connectivity index (χ1n) is 7.87. The summed E-state index contributed by atoms with van der Waals surface area (Å²) in [6.07, 6.45) is 4.14. The number of hydrogen-bond donors (Lipinski definition) is 0. The van der Waals surface area contributed by atoms with Crippen molar-refractivity contribution in [3.63, 3.8) is 0 Å². The first-order valence-corrected chi connectivity index (χ1v) is 9.76. The molecule has 0 saturated heterocycles. The normalized spacial score (nSPS) is 14.2. The molecular formula is C16H18N4O4S. The second-order valence-electron chi connectivity index (χ2n) is 5.94. The smallest absolute Gasteiger partial charge is 0.311 e. The number of aromatic nitrogens is 2. The van der Waals surface area contributed by atoms with Gasteiger partial charge in [-0.3, -0.25) is 10.1 Å². The Morgan fingerprint density at radius 2 is 2.12 bits per heavy atom. The maximum absolute atomic E-state index is 11.9. The highest BCUT2D eigenvalue weighted by molar-refractivity contribution is 7.90. The van der Waals surface area contributed by atoms with Crippen LogP contribution in [-0.2, 0) is 29.2 Å². The van der Waals surface area contributed by atoms with Gasteiger partial charge in [-0.05, 0) is 24.1 Å². The number of sulfone groups is 1. The zero-order valence-electron chi connectivity index (χ0n) is 14.0. The Balaban J connectivity index is 2.07. The molecule has 0 N–H and O–H groups in total. The summed E-state index contributed by atoms with van der Waals surface area (Å²) in [5.41, 5.74) is 1.78. The summed E-state index contributed by atoms with van der Waals surface area (Å²) in [6, 6.07) is 4.39. The minimum Gasteiger partial charge on any atom is -0.360 e.